The Bertz CT molecular complexity index is 593. The maximum atomic E-state index is 11.8. The van der Waals surface area contributed by atoms with Crippen LogP contribution in [0.5, 0.6) is 0 Å². The molecule has 0 heterocycles. The van der Waals surface area contributed by atoms with Crippen LogP contribution in [0.1, 0.15) is 18.4 Å². The Labute approximate surface area is 120 Å². The highest BCUT2D eigenvalue weighted by molar-refractivity contribution is 6.31. The number of amides is 2. The summed E-state index contributed by atoms with van der Waals surface area (Å²) in [7, 11) is 0. The van der Waals surface area contributed by atoms with Gasteiger partial charge in [0.05, 0.1) is 11.3 Å². The Morgan fingerprint density at radius 2 is 2.15 bits per heavy atom. The SMILES string of the molecule is N#Cc1ccc(Cl)cc1NC(=O)NC(C(=O)O)C1CC1. The first-order valence-electron chi connectivity index (χ1n) is 6.01. The molecular formula is C13H12ClN3O3. The minimum Gasteiger partial charge on any atom is -0.480 e. The number of benzene rings is 1. The lowest BCUT2D eigenvalue weighted by molar-refractivity contribution is -0.139. The average molecular weight is 294 g/mol. The molecule has 1 atom stereocenters. The number of urea groups is 1. The Morgan fingerprint density at radius 1 is 1.45 bits per heavy atom. The molecule has 1 fully saturated rings. The maximum Gasteiger partial charge on any atom is 0.326 e. The molecule has 2 amide bonds. The zero-order valence-electron chi connectivity index (χ0n) is 10.4. The second-order valence-electron chi connectivity index (χ2n) is 4.55. The number of carbonyl (C=O) groups excluding carboxylic acids is 1. The van der Waals surface area contributed by atoms with Gasteiger partial charge in [-0.25, -0.2) is 9.59 Å². The number of nitrogens with zero attached hydrogens (tertiary/aromatic N) is 1. The van der Waals surface area contributed by atoms with Crippen molar-refractivity contribution in [2.75, 3.05) is 5.32 Å². The number of nitrogens with one attached hydrogen (secondary N) is 2. The third-order valence-electron chi connectivity index (χ3n) is 3.00. The Hall–Kier alpha value is -2.26. The Kier molecular flexibility index (Phi) is 4.11. The van der Waals surface area contributed by atoms with Crippen LogP contribution in [0.15, 0.2) is 18.2 Å². The Morgan fingerprint density at radius 3 is 2.70 bits per heavy atom. The van der Waals surface area contributed by atoms with E-state index in [-0.39, 0.29) is 17.2 Å². The van der Waals surface area contributed by atoms with Crippen LogP contribution in [-0.4, -0.2) is 23.1 Å². The van der Waals surface area contributed by atoms with E-state index in [2.05, 4.69) is 10.6 Å². The third kappa shape index (κ3) is 3.39. The predicted octanol–water partition coefficient (Wildman–Crippen LogP) is 2.20. The van der Waals surface area contributed by atoms with Crippen LogP contribution in [0.3, 0.4) is 0 Å². The number of anilines is 1. The molecule has 1 aliphatic rings. The molecule has 0 aromatic heterocycles. The fraction of sp³-hybridized carbons (Fsp3) is 0.308. The van der Waals surface area contributed by atoms with Crippen LogP contribution in [0.4, 0.5) is 10.5 Å². The average Bonchev–Trinajstić information content (AvgIpc) is 3.20. The first kappa shape index (κ1) is 14.2. The zero-order chi connectivity index (χ0) is 14.7. The summed E-state index contributed by atoms with van der Waals surface area (Å²) < 4.78 is 0. The molecule has 0 radical (unpaired) electrons. The standard InChI is InChI=1S/C13H12ClN3O3/c14-9-4-3-8(6-15)10(5-9)16-13(20)17-11(12(18)19)7-1-2-7/h3-5,7,11H,1-2H2,(H,18,19)(H2,16,17,20). The van der Waals surface area contributed by atoms with Gasteiger partial charge in [0.25, 0.3) is 0 Å². The van der Waals surface area contributed by atoms with Gasteiger partial charge in [-0.15, -0.1) is 0 Å². The number of carboxylic acid groups (broad SMARTS) is 1. The van der Waals surface area contributed by atoms with Gasteiger partial charge in [-0.1, -0.05) is 11.6 Å². The number of hydrogen-bond donors (Lipinski definition) is 3. The van der Waals surface area contributed by atoms with Crippen molar-refractivity contribution in [1.82, 2.24) is 5.32 Å². The molecule has 2 rings (SSSR count). The van der Waals surface area contributed by atoms with Crippen molar-refractivity contribution in [2.45, 2.75) is 18.9 Å². The normalized spacial score (nSPS) is 15.0. The minimum atomic E-state index is -1.06. The number of carboxylic acids is 1. The van der Waals surface area contributed by atoms with E-state index in [4.69, 9.17) is 22.0 Å². The molecular weight excluding hydrogens is 282 g/mol. The molecule has 1 aromatic carbocycles. The lowest BCUT2D eigenvalue weighted by Gasteiger charge is -2.15. The predicted molar refractivity (Wildman–Crippen MR) is 72.5 cm³/mol. The first-order chi connectivity index (χ1) is 9.51. The number of halogens is 1. The van der Waals surface area contributed by atoms with E-state index in [1.54, 1.807) is 0 Å². The van der Waals surface area contributed by atoms with E-state index in [1.165, 1.54) is 18.2 Å². The molecule has 7 heteroatoms. The summed E-state index contributed by atoms with van der Waals surface area (Å²) in [6.45, 7) is 0. The van der Waals surface area contributed by atoms with Gasteiger partial charge in [-0.2, -0.15) is 5.26 Å². The molecule has 0 bridgehead atoms. The van der Waals surface area contributed by atoms with Crippen LogP contribution in [0.2, 0.25) is 5.02 Å². The van der Waals surface area contributed by atoms with Crippen molar-refractivity contribution in [3.63, 3.8) is 0 Å². The highest BCUT2D eigenvalue weighted by atomic mass is 35.5. The number of carbonyl (C=O) groups is 2. The summed E-state index contributed by atoms with van der Waals surface area (Å²) in [5, 5.41) is 23.2. The van der Waals surface area contributed by atoms with Crippen LogP contribution < -0.4 is 10.6 Å². The summed E-state index contributed by atoms with van der Waals surface area (Å²) in [4.78, 5) is 22.8. The molecule has 0 aliphatic heterocycles. The number of rotatable bonds is 4. The van der Waals surface area contributed by atoms with Crippen LogP contribution in [0, 0.1) is 17.2 Å². The van der Waals surface area contributed by atoms with Gasteiger partial charge in [0, 0.05) is 5.02 Å². The quantitative estimate of drug-likeness (QED) is 0.792. The van der Waals surface area contributed by atoms with E-state index >= 15 is 0 Å². The van der Waals surface area contributed by atoms with Crippen molar-refractivity contribution in [3.8, 4) is 6.07 Å². The monoisotopic (exact) mass is 293 g/mol. The van der Waals surface area contributed by atoms with Gasteiger partial charge in [0.1, 0.15) is 12.1 Å². The zero-order valence-corrected chi connectivity index (χ0v) is 11.1. The molecule has 20 heavy (non-hydrogen) atoms. The van der Waals surface area contributed by atoms with Crippen molar-refractivity contribution >= 4 is 29.3 Å². The fourth-order valence-electron chi connectivity index (χ4n) is 1.83. The van der Waals surface area contributed by atoms with E-state index < -0.39 is 18.0 Å². The van der Waals surface area contributed by atoms with Gasteiger partial charge in [0.15, 0.2) is 0 Å². The van der Waals surface area contributed by atoms with Crippen LogP contribution in [0.25, 0.3) is 0 Å². The van der Waals surface area contributed by atoms with Gasteiger partial charge in [0.2, 0.25) is 0 Å². The topological polar surface area (TPSA) is 102 Å². The van der Waals surface area contributed by atoms with E-state index in [1.807, 2.05) is 6.07 Å². The molecule has 104 valence electrons. The molecule has 1 aliphatic carbocycles. The highest BCUT2D eigenvalue weighted by Gasteiger charge is 2.37. The Balaban J connectivity index is 2.06. The van der Waals surface area contributed by atoms with Gasteiger partial charge >= 0.3 is 12.0 Å². The molecule has 1 saturated carbocycles. The molecule has 6 nitrogen and oxygen atoms in total. The molecule has 0 saturated heterocycles. The van der Waals surface area contributed by atoms with Crippen LogP contribution >= 0.6 is 11.6 Å². The van der Waals surface area contributed by atoms with Gasteiger partial charge in [-0.05, 0) is 37.0 Å². The first-order valence-corrected chi connectivity index (χ1v) is 6.39. The molecule has 1 aromatic rings. The van der Waals surface area contributed by atoms with Crippen molar-refractivity contribution in [2.24, 2.45) is 5.92 Å². The number of aliphatic carboxylic acids is 1. The van der Waals surface area contributed by atoms with Crippen molar-refractivity contribution in [1.29, 1.82) is 5.26 Å². The lowest BCUT2D eigenvalue weighted by atomic mass is 10.2. The van der Waals surface area contributed by atoms with Crippen LogP contribution in [-0.2, 0) is 4.79 Å². The largest absolute Gasteiger partial charge is 0.480 e. The third-order valence-corrected chi connectivity index (χ3v) is 3.23. The minimum absolute atomic E-state index is 0.0203. The molecule has 1 unspecified atom stereocenters. The second-order valence-corrected chi connectivity index (χ2v) is 4.99. The van der Waals surface area contributed by atoms with E-state index in [9.17, 15) is 9.59 Å². The van der Waals surface area contributed by atoms with E-state index in [0.717, 1.165) is 12.8 Å². The van der Waals surface area contributed by atoms with Crippen molar-refractivity contribution in [3.05, 3.63) is 28.8 Å². The summed E-state index contributed by atoms with van der Waals surface area (Å²) >= 11 is 5.80. The summed E-state index contributed by atoms with van der Waals surface area (Å²) in [6.07, 6.45) is 1.58. The number of hydrogen-bond acceptors (Lipinski definition) is 3. The fourth-order valence-corrected chi connectivity index (χ4v) is 2.00. The lowest BCUT2D eigenvalue weighted by Crippen LogP contribution is -2.44. The molecule has 3 N–H and O–H groups in total. The van der Waals surface area contributed by atoms with Gasteiger partial charge in [-0.3, -0.25) is 0 Å². The smallest absolute Gasteiger partial charge is 0.326 e. The van der Waals surface area contributed by atoms with Gasteiger partial charge < -0.3 is 15.7 Å². The maximum absolute atomic E-state index is 11.8. The van der Waals surface area contributed by atoms with E-state index in [0.29, 0.717) is 5.02 Å². The molecule has 0 spiro atoms. The summed E-state index contributed by atoms with van der Waals surface area (Å²) in [6, 6.07) is 4.81. The number of nitriles is 1. The highest BCUT2D eigenvalue weighted by Crippen LogP contribution is 2.32. The summed E-state index contributed by atoms with van der Waals surface area (Å²) in [5.41, 5.74) is 0.500. The summed E-state index contributed by atoms with van der Waals surface area (Å²) in [5.74, 6) is -1.08. The second kappa shape index (κ2) is 5.80. The van der Waals surface area contributed by atoms with Crippen molar-refractivity contribution < 1.29 is 14.7 Å².